The van der Waals surface area contributed by atoms with Gasteiger partial charge >= 0.3 is 5.97 Å². The van der Waals surface area contributed by atoms with Crippen molar-refractivity contribution in [3.8, 4) is 0 Å². The second-order valence-electron chi connectivity index (χ2n) is 5.28. The monoisotopic (exact) mass is 265 g/mol. The zero-order valence-corrected chi connectivity index (χ0v) is 10.3. The third-order valence-electron chi connectivity index (χ3n) is 4.24. The molecule has 19 heavy (non-hydrogen) atoms. The Morgan fingerprint density at radius 3 is 2.68 bits per heavy atom. The molecular weight excluding hydrogens is 250 g/mol. The van der Waals surface area contributed by atoms with Crippen LogP contribution in [0.1, 0.15) is 32.1 Å². The Kier molecular flexibility index (Phi) is 2.76. The van der Waals surface area contributed by atoms with Gasteiger partial charge < -0.3 is 10.0 Å². The third-order valence-corrected chi connectivity index (χ3v) is 4.24. The Hall–Kier alpha value is -1.92. The number of aliphatic carboxylic acids is 1. The summed E-state index contributed by atoms with van der Waals surface area (Å²) in [7, 11) is 0. The lowest BCUT2D eigenvalue weighted by Crippen LogP contribution is -2.44. The normalized spacial score (nSPS) is 33.1. The maximum absolute atomic E-state index is 12.4. The molecule has 0 saturated carbocycles. The number of carbonyl (C=O) groups excluding carboxylic acids is 2. The quantitative estimate of drug-likeness (QED) is 0.717. The van der Waals surface area contributed by atoms with E-state index >= 15 is 0 Å². The summed E-state index contributed by atoms with van der Waals surface area (Å²) in [4.78, 5) is 36.2. The Morgan fingerprint density at radius 1 is 1.32 bits per heavy atom. The number of amides is 2. The highest BCUT2D eigenvalue weighted by molar-refractivity contribution is 6.39. The molecular formula is C12H15N3O4. The molecule has 0 spiro atoms. The van der Waals surface area contributed by atoms with Crippen molar-refractivity contribution >= 4 is 23.5 Å². The lowest BCUT2D eigenvalue weighted by atomic mass is 9.89. The number of carboxylic acid groups (broad SMARTS) is 1. The first-order chi connectivity index (χ1) is 9.08. The molecule has 0 aromatic heterocycles. The Bertz CT molecular complexity index is 487. The van der Waals surface area contributed by atoms with Gasteiger partial charge in [-0.05, 0) is 19.3 Å². The summed E-state index contributed by atoms with van der Waals surface area (Å²) < 4.78 is 0. The molecule has 3 heterocycles. The van der Waals surface area contributed by atoms with Gasteiger partial charge in [-0.2, -0.15) is 5.10 Å². The van der Waals surface area contributed by atoms with E-state index in [4.69, 9.17) is 5.11 Å². The second-order valence-corrected chi connectivity index (χ2v) is 5.28. The average molecular weight is 265 g/mol. The highest BCUT2D eigenvalue weighted by atomic mass is 16.4. The molecule has 3 atom stereocenters. The van der Waals surface area contributed by atoms with Crippen molar-refractivity contribution in [3.05, 3.63) is 0 Å². The largest absolute Gasteiger partial charge is 0.481 e. The van der Waals surface area contributed by atoms with Crippen LogP contribution in [0.5, 0.6) is 0 Å². The molecule has 2 saturated heterocycles. The van der Waals surface area contributed by atoms with Crippen LogP contribution < -0.4 is 5.43 Å². The van der Waals surface area contributed by atoms with Crippen LogP contribution in [0.3, 0.4) is 0 Å². The fourth-order valence-electron chi connectivity index (χ4n) is 3.35. The van der Waals surface area contributed by atoms with Crippen molar-refractivity contribution in [2.75, 3.05) is 0 Å². The average Bonchev–Trinajstić information content (AvgIpc) is 2.96. The summed E-state index contributed by atoms with van der Waals surface area (Å²) in [5, 5.41) is 13.0. The van der Waals surface area contributed by atoms with E-state index in [2.05, 4.69) is 10.5 Å². The van der Waals surface area contributed by atoms with Crippen LogP contribution >= 0.6 is 0 Å². The molecule has 0 aromatic carbocycles. The summed E-state index contributed by atoms with van der Waals surface area (Å²) in [5.41, 5.74) is 2.64. The van der Waals surface area contributed by atoms with Gasteiger partial charge in [0.2, 0.25) is 5.91 Å². The second kappa shape index (κ2) is 4.32. The molecule has 7 heteroatoms. The molecule has 7 nitrogen and oxygen atoms in total. The predicted molar refractivity (Wildman–Crippen MR) is 64.2 cm³/mol. The summed E-state index contributed by atoms with van der Waals surface area (Å²) in [6.07, 6.45) is 2.73. The highest BCUT2D eigenvalue weighted by Crippen LogP contribution is 2.42. The zero-order chi connectivity index (χ0) is 13.6. The van der Waals surface area contributed by atoms with E-state index in [0.717, 1.165) is 12.8 Å². The first-order valence-electron chi connectivity index (χ1n) is 6.49. The molecule has 2 fully saturated rings. The fourth-order valence-corrected chi connectivity index (χ4v) is 3.35. The van der Waals surface area contributed by atoms with Crippen LogP contribution in [0.4, 0.5) is 0 Å². The van der Waals surface area contributed by atoms with Gasteiger partial charge in [0.1, 0.15) is 5.71 Å². The Balaban J connectivity index is 1.78. The zero-order valence-electron chi connectivity index (χ0n) is 10.3. The van der Waals surface area contributed by atoms with E-state index in [1.807, 2.05) is 0 Å². The maximum atomic E-state index is 12.4. The van der Waals surface area contributed by atoms with E-state index in [1.165, 1.54) is 0 Å². The first kappa shape index (κ1) is 12.1. The molecule has 3 aliphatic rings. The third kappa shape index (κ3) is 1.89. The number of rotatable bonds is 2. The van der Waals surface area contributed by atoms with Crippen LogP contribution in [0.25, 0.3) is 0 Å². The van der Waals surface area contributed by atoms with Crippen molar-refractivity contribution in [2.45, 2.75) is 44.2 Å². The number of nitrogens with one attached hydrogen (secondary N) is 1. The van der Waals surface area contributed by atoms with E-state index in [-0.39, 0.29) is 30.3 Å². The van der Waals surface area contributed by atoms with Crippen molar-refractivity contribution in [2.24, 2.45) is 11.0 Å². The van der Waals surface area contributed by atoms with E-state index in [9.17, 15) is 14.4 Å². The van der Waals surface area contributed by atoms with Crippen LogP contribution in [-0.2, 0) is 14.4 Å². The van der Waals surface area contributed by atoms with Gasteiger partial charge in [0.05, 0.1) is 5.92 Å². The standard InChI is InChI=1S/C12H15N3O4/c16-10-4-2-8(13-14-10)11(17)15-6-1-3-9(15)7(5-6)12(18)19/h6-7,9H,1-5H2,(H,14,16)(H,18,19). The molecule has 0 aromatic rings. The van der Waals surface area contributed by atoms with Crippen LogP contribution in [0.15, 0.2) is 5.10 Å². The van der Waals surface area contributed by atoms with Crippen LogP contribution in [0.2, 0.25) is 0 Å². The number of fused-ring (bicyclic) bond motifs is 2. The molecule has 3 unspecified atom stereocenters. The number of nitrogens with zero attached hydrogens (tertiary/aromatic N) is 2. The summed E-state index contributed by atoms with van der Waals surface area (Å²) >= 11 is 0. The molecule has 2 amide bonds. The van der Waals surface area contributed by atoms with Gasteiger partial charge in [-0.25, -0.2) is 5.43 Å². The molecule has 2 bridgehead atoms. The number of hydrazone groups is 1. The molecule has 0 aliphatic carbocycles. The first-order valence-corrected chi connectivity index (χ1v) is 6.49. The highest BCUT2D eigenvalue weighted by Gasteiger charge is 2.52. The van der Waals surface area contributed by atoms with Crippen LogP contribution in [0, 0.1) is 5.92 Å². The SMILES string of the molecule is O=C1CCC(C(=O)N2C3CCC2C(C(=O)O)C3)=NN1. The fraction of sp³-hybridized carbons (Fsp3) is 0.667. The molecule has 102 valence electrons. The molecule has 0 radical (unpaired) electrons. The number of hydrogen-bond acceptors (Lipinski definition) is 4. The summed E-state index contributed by atoms with van der Waals surface area (Å²) in [5.74, 6) is -1.69. The number of hydrogen-bond donors (Lipinski definition) is 2. The minimum absolute atomic E-state index is 0.0129. The van der Waals surface area contributed by atoms with Gasteiger partial charge in [-0.3, -0.25) is 14.4 Å². The van der Waals surface area contributed by atoms with Crippen LogP contribution in [-0.4, -0.2) is 45.6 Å². The van der Waals surface area contributed by atoms with Crippen molar-refractivity contribution in [3.63, 3.8) is 0 Å². The van der Waals surface area contributed by atoms with E-state index in [0.29, 0.717) is 18.6 Å². The lowest BCUT2D eigenvalue weighted by molar-refractivity contribution is -0.142. The smallest absolute Gasteiger partial charge is 0.308 e. The topological polar surface area (TPSA) is 99.1 Å². The predicted octanol–water partition coefficient (Wildman–Crippen LogP) is -0.283. The van der Waals surface area contributed by atoms with E-state index in [1.54, 1.807) is 4.90 Å². The number of carbonyl (C=O) groups is 3. The lowest BCUT2D eigenvalue weighted by Gasteiger charge is -2.24. The maximum Gasteiger partial charge on any atom is 0.308 e. The van der Waals surface area contributed by atoms with Gasteiger partial charge in [0.25, 0.3) is 5.91 Å². The molecule has 2 N–H and O–H groups in total. The van der Waals surface area contributed by atoms with Gasteiger partial charge in [-0.1, -0.05) is 0 Å². The van der Waals surface area contributed by atoms with Crippen molar-refractivity contribution < 1.29 is 19.5 Å². The van der Waals surface area contributed by atoms with Gasteiger partial charge in [-0.15, -0.1) is 0 Å². The Labute approximate surface area is 109 Å². The minimum atomic E-state index is -0.830. The number of carboxylic acids is 1. The van der Waals surface area contributed by atoms with Gasteiger partial charge in [0, 0.05) is 24.9 Å². The van der Waals surface area contributed by atoms with Gasteiger partial charge in [0.15, 0.2) is 0 Å². The molecule has 3 aliphatic heterocycles. The summed E-state index contributed by atoms with van der Waals surface area (Å²) in [6, 6.07) is -0.200. The molecule has 3 rings (SSSR count). The minimum Gasteiger partial charge on any atom is -0.481 e. The van der Waals surface area contributed by atoms with E-state index < -0.39 is 11.9 Å². The van der Waals surface area contributed by atoms with Crippen molar-refractivity contribution in [1.82, 2.24) is 10.3 Å². The van der Waals surface area contributed by atoms with Crippen molar-refractivity contribution in [1.29, 1.82) is 0 Å². The Morgan fingerprint density at radius 2 is 2.11 bits per heavy atom. The summed E-state index contributed by atoms with van der Waals surface area (Å²) in [6.45, 7) is 0.